The van der Waals surface area contributed by atoms with Crippen LogP contribution in [0.1, 0.15) is 16.2 Å². The number of aryl methyl sites for hydroxylation is 1. The van der Waals surface area contributed by atoms with Gasteiger partial charge in [-0.05, 0) is 28.1 Å². The Balaban J connectivity index is 1.93. The van der Waals surface area contributed by atoms with E-state index in [1.54, 1.807) is 36.3 Å². The van der Waals surface area contributed by atoms with Gasteiger partial charge in [0.1, 0.15) is 6.33 Å². The molecule has 0 saturated carbocycles. The first-order chi connectivity index (χ1) is 9.08. The second kappa shape index (κ2) is 6.16. The summed E-state index contributed by atoms with van der Waals surface area (Å²) < 4.78 is 2.33. The molecule has 100 valence electrons. The number of rotatable bonds is 4. The minimum Gasteiger partial charge on any atom is -0.352 e. The van der Waals surface area contributed by atoms with Crippen LogP contribution in [0.5, 0.6) is 0 Å². The van der Waals surface area contributed by atoms with Gasteiger partial charge < -0.3 is 5.32 Å². The summed E-state index contributed by atoms with van der Waals surface area (Å²) in [5, 5.41) is 7.34. The maximum absolute atomic E-state index is 12.0. The van der Waals surface area contributed by atoms with E-state index in [4.69, 9.17) is 11.6 Å². The van der Waals surface area contributed by atoms with Crippen LogP contribution in [-0.4, -0.2) is 27.2 Å². The number of hydrogen-bond acceptors (Lipinski definition) is 3. The third-order valence-corrected chi connectivity index (χ3v) is 3.77. The highest BCUT2D eigenvalue weighted by molar-refractivity contribution is 9.10. The molecule has 0 atom stereocenters. The molecule has 0 aliphatic rings. The molecule has 0 unspecified atom stereocenters. The number of aromatic nitrogens is 3. The Labute approximate surface area is 124 Å². The highest BCUT2D eigenvalue weighted by Crippen LogP contribution is 2.25. The van der Waals surface area contributed by atoms with E-state index in [2.05, 4.69) is 31.3 Å². The molecule has 0 radical (unpaired) electrons. The summed E-state index contributed by atoms with van der Waals surface area (Å²) in [6.45, 7) is 0.464. The van der Waals surface area contributed by atoms with E-state index < -0.39 is 0 Å². The summed E-state index contributed by atoms with van der Waals surface area (Å²) in [5.41, 5.74) is 0.449. The average Bonchev–Trinajstić information content (AvgIpc) is 2.78. The number of nitrogens with one attached hydrogen (secondary N) is 1. The maximum Gasteiger partial charge on any atom is 0.252 e. The minimum absolute atomic E-state index is 0.206. The molecule has 1 amide bonds. The van der Waals surface area contributed by atoms with Crippen molar-refractivity contribution in [1.29, 1.82) is 0 Å². The van der Waals surface area contributed by atoms with Crippen LogP contribution < -0.4 is 5.32 Å². The van der Waals surface area contributed by atoms with Gasteiger partial charge in [0.15, 0.2) is 5.82 Å². The van der Waals surface area contributed by atoms with Gasteiger partial charge in [-0.2, -0.15) is 5.10 Å². The minimum atomic E-state index is -0.206. The maximum atomic E-state index is 12.0. The van der Waals surface area contributed by atoms with Crippen LogP contribution >= 0.6 is 27.5 Å². The zero-order chi connectivity index (χ0) is 13.8. The number of hydrogen-bond donors (Lipinski definition) is 1. The highest BCUT2D eigenvalue weighted by Gasteiger charge is 2.11. The van der Waals surface area contributed by atoms with Crippen LogP contribution in [0.15, 0.2) is 29.0 Å². The van der Waals surface area contributed by atoms with Crippen LogP contribution in [0.2, 0.25) is 5.02 Å². The lowest BCUT2D eigenvalue weighted by atomic mass is 10.2. The van der Waals surface area contributed by atoms with Gasteiger partial charge in [-0.1, -0.05) is 17.7 Å². The molecule has 1 aromatic heterocycles. The lowest BCUT2D eigenvalue weighted by Crippen LogP contribution is -2.26. The van der Waals surface area contributed by atoms with Crippen LogP contribution in [-0.2, 0) is 13.5 Å². The largest absolute Gasteiger partial charge is 0.352 e. The molecular weight excluding hydrogens is 332 g/mol. The SMILES string of the molecule is Cn1cnc(CCNC(=O)c2cccc(Br)c2Cl)n1. The van der Waals surface area contributed by atoms with E-state index in [9.17, 15) is 4.79 Å². The van der Waals surface area contributed by atoms with Crippen LogP contribution in [0.3, 0.4) is 0 Å². The van der Waals surface area contributed by atoms with E-state index in [-0.39, 0.29) is 5.91 Å². The predicted octanol–water partition coefficient (Wildman–Crippen LogP) is 2.20. The summed E-state index contributed by atoms with van der Waals surface area (Å²) in [4.78, 5) is 16.0. The fourth-order valence-electron chi connectivity index (χ4n) is 1.56. The molecule has 7 heteroatoms. The first-order valence-electron chi connectivity index (χ1n) is 5.64. The van der Waals surface area contributed by atoms with Gasteiger partial charge in [-0.3, -0.25) is 9.48 Å². The van der Waals surface area contributed by atoms with E-state index in [1.807, 2.05) is 0 Å². The molecule has 19 heavy (non-hydrogen) atoms. The lowest BCUT2D eigenvalue weighted by molar-refractivity contribution is 0.0954. The number of benzene rings is 1. The lowest BCUT2D eigenvalue weighted by Gasteiger charge is -2.06. The van der Waals surface area contributed by atoms with Crippen molar-refractivity contribution in [3.05, 3.63) is 45.4 Å². The first kappa shape index (κ1) is 14.0. The second-order valence-electron chi connectivity index (χ2n) is 3.94. The van der Waals surface area contributed by atoms with Crippen LogP contribution in [0.25, 0.3) is 0 Å². The van der Waals surface area contributed by atoms with Gasteiger partial charge in [-0.25, -0.2) is 4.98 Å². The zero-order valence-electron chi connectivity index (χ0n) is 10.2. The molecule has 0 bridgehead atoms. The van der Waals surface area contributed by atoms with Crippen molar-refractivity contribution in [1.82, 2.24) is 20.1 Å². The Kier molecular flexibility index (Phi) is 4.55. The molecular formula is C12H12BrClN4O. The summed E-state index contributed by atoms with van der Waals surface area (Å²) in [7, 11) is 1.80. The molecule has 5 nitrogen and oxygen atoms in total. The van der Waals surface area contributed by atoms with Crippen molar-refractivity contribution in [2.24, 2.45) is 7.05 Å². The molecule has 0 aliphatic carbocycles. The molecule has 0 spiro atoms. The van der Waals surface area contributed by atoms with Crippen molar-refractivity contribution in [3.8, 4) is 0 Å². The van der Waals surface area contributed by atoms with Gasteiger partial charge in [0, 0.05) is 24.5 Å². The normalized spacial score (nSPS) is 10.5. The fourth-order valence-corrected chi connectivity index (χ4v) is 2.14. The van der Waals surface area contributed by atoms with Crippen molar-refractivity contribution >= 4 is 33.4 Å². The molecule has 0 saturated heterocycles. The number of carbonyl (C=O) groups excluding carboxylic acids is 1. The van der Waals surface area contributed by atoms with Crippen molar-refractivity contribution in [2.45, 2.75) is 6.42 Å². The van der Waals surface area contributed by atoms with Gasteiger partial charge in [-0.15, -0.1) is 0 Å². The Hall–Kier alpha value is -1.40. The highest BCUT2D eigenvalue weighted by atomic mass is 79.9. The number of carbonyl (C=O) groups is 1. The molecule has 2 rings (SSSR count). The van der Waals surface area contributed by atoms with Crippen LogP contribution in [0, 0.1) is 0 Å². The smallest absolute Gasteiger partial charge is 0.252 e. The molecule has 1 aromatic carbocycles. The summed E-state index contributed by atoms with van der Waals surface area (Å²) >= 11 is 9.34. The molecule has 0 aliphatic heterocycles. The summed E-state index contributed by atoms with van der Waals surface area (Å²) in [5.74, 6) is 0.491. The standard InChI is InChI=1S/C12H12BrClN4O/c1-18-7-16-10(17-18)5-6-15-12(19)8-3-2-4-9(13)11(8)14/h2-4,7H,5-6H2,1H3,(H,15,19). The molecule has 2 aromatic rings. The third-order valence-electron chi connectivity index (χ3n) is 2.48. The van der Waals surface area contributed by atoms with Crippen molar-refractivity contribution in [2.75, 3.05) is 6.54 Å². The monoisotopic (exact) mass is 342 g/mol. The van der Waals surface area contributed by atoms with Crippen molar-refractivity contribution < 1.29 is 4.79 Å². The summed E-state index contributed by atoms with van der Waals surface area (Å²) in [6.07, 6.45) is 2.21. The van der Waals surface area contributed by atoms with Crippen LogP contribution in [0.4, 0.5) is 0 Å². The quantitative estimate of drug-likeness (QED) is 0.926. The second-order valence-corrected chi connectivity index (χ2v) is 5.17. The Morgan fingerprint density at radius 2 is 2.32 bits per heavy atom. The van der Waals surface area contributed by atoms with Crippen molar-refractivity contribution in [3.63, 3.8) is 0 Å². The van der Waals surface area contributed by atoms with Gasteiger partial charge >= 0.3 is 0 Å². The van der Waals surface area contributed by atoms with E-state index in [1.165, 1.54) is 0 Å². The summed E-state index contributed by atoms with van der Waals surface area (Å²) in [6, 6.07) is 5.24. The zero-order valence-corrected chi connectivity index (χ0v) is 12.6. The predicted molar refractivity (Wildman–Crippen MR) is 76.2 cm³/mol. The van der Waals surface area contributed by atoms with Gasteiger partial charge in [0.25, 0.3) is 5.91 Å². The van der Waals surface area contributed by atoms with E-state index >= 15 is 0 Å². The van der Waals surface area contributed by atoms with E-state index in [0.29, 0.717) is 33.8 Å². The molecule has 1 N–H and O–H groups in total. The number of nitrogens with zero attached hydrogens (tertiary/aromatic N) is 3. The van der Waals surface area contributed by atoms with Gasteiger partial charge in [0.2, 0.25) is 0 Å². The fraction of sp³-hybridized carbons (Fsp3) is 0.250. The number of amides is 1. The number of halogens is 2. The molecule has 1 heterocycles. The Morgan fingerprint density at radius 1 is 1.53 bits per heavy atom. The average molecular weight is 344 g/mol. The Bertz CT molecular complexity index is 599. The van der Waals surface area contributed by atoms with Gasteiger partial charge in [0.05, 0.1) is 10.6 Å². The topological polar surface area (TPSA) is 59.8 Å². The first-order valence-corrected chi connectivity index (χ1v) is 6.82. The molecule has 0 fully saturated rings. The Morgan fingerprint density at radius 3 is 3.00 bits per heavy atom. The third kappa shape index (κ3) is 3.54. The van der Waals surface area contributed by atoms with E-state index in [0.717, 1.165) is 0 Å².